The van der Waals surface area contributed by atoms with Gasteiger partial charge < -0.3 is 5.73 Å². The van der Waals surface area contributed by atoms with Crippen LogP contribution < -0.4 is 5.73 Å². The number of nitrogen functional groups attached to an aromatic ring is 1. The number of nitrogens with two attached hydrogens (primary N) is 1. The lowest BCUT2D eigenvalue weighted by atomic mass is 10.0. The van der Waals surface area contributed by atoms with Crippen molar-refractivity contribution in [3.05, 3.63) is 54.7 Å². The average Bonchev–Trinajstić information content (AvgIpc) is 3.10. The molecule has 0 aliphatic carbocycles. The number of thiol groups is 1. The number of anilines is 1. The molecule has 2 aromatic carbocycles. The van der Waals surface area contributed by atoms with E-state index in [1.54, 1.807) is 36.5 Å². The SMILES string of the molecule is Nc1ncc(-c2ccc([SH](=O)=O)cc2)cc1-c1ccc2nonc2c1. The van der Waals surface area contributed by atoms with Gasteiger partial charge in [-0.25, -0.2) is 18.0 Å². The topological polar surface area (TPSA) is 112 Å². The fourth-order valence-electron chi connectivity index (χ4n) is 2.59. The zero-order chi connectivity index (χ0) is 17.4. The molecule has 7 nitrogen and oxygen atoms in total. The summed E-state index contributed by atoms with van der Waals surface area (Å²) in [6.45, 7) is 0. The van der Waals surface area contributed by atoms with Crippen molar-refractivity contribution in [3.63, 3.8) is 0 Å². The number of benzene rings is 2. The summed E-state index contributed by atoms with van der Waals surface area (Å²) >= 11 is 0. The number of hydrogen-bond acceptors (Lipinski definition) is 7. The second-order valence-corrected chi connectivity index (χ2v) is 6.46. The van der Waals surface area contributed by atoms with E-state index in [1.165, 1.54) is 0 Å². The van der Waals surface area contributed by atoms with E-state index in [-0.39, 0.29) is 4.90 Å². The Morgan fingerprint density at radius 2 is 1.56 bits per heavy atom. The monoisotopic (exact) mass is 352 g/mol. The lowest BCUT2D eigenvalue weighted by molar-refractivity contribution is 0.315. The number of pyridine rings is 1. The van der Waals surface area contributed by atoms with Gasteiger partial charge in [-0.15, -0.1) is 0 Å². The van der Waals surface area contributed by atoms with Crippen LogP contribution in [0.15, 0.2) is 64.3 Å². The van der Waals surface area contributed by atoms with Crippen LogP contribution in [0.25, 0.3) is 33.3 Å². The Balaban J connectivity index is 1.80. The summed E-state index contributed by atoms with van der Waals surface area (Å²) in [6, 6.07) is 14.0. The number of hydrogen-bond donors (Lipinski definition) is 2. The molecule has 0 saturated heterocycles. The van der Waals surface area contributed by atoms with Crippen LogP contribution in [-0.4, -0.2) is 23.7 Å². The molecular weight excluding hydrogens is 340 g/mol. The zero-order valence-corrected chi connectivity index (χ0v) is 13.7. The molecule has 0 spiro atoms. The molecule has 0 fully saturated rings. The highest BCUT2D eigenvalue weighted by Gasteiger charge is 2.10. The van der Waals surface area contributed by atoms with Crippen molar-refractivity contribution < 1.29 is 13.0 Å². The minimum atomic E-state index is -2.59. The minimum Gasteiger partial charge on any atom is -0.383 e. The molecule has 0 aliphatic heterocycles. The molecule has 8 heteroatoms. The largest absolute Gasteiger partial charge is 0.383 e. The van der Waals surface area contributed by atoms with Crippen LogP contribution in [-0.2, 0) is 10.7 Å². The van der Waals surface area contributed by atoms with Crippen LogP contribution in [0, 0.1) is 0 Å². The summed E-state index contributed by atoms with van der Waals surface area (Å²) < 4.78 is 26.7. The van der Waals surface area contributed by atoms with Crippen molar-refractivity contribution in [1.29, 1.82) is 0 Å². The molecule has 0 unspecified atom stereocenters. The van der Waals surface area contributed by atoms with E-state index in [2.05, 4.69) is 15.3 Å². The van der Waals surface area contributed by atoms with Gasteiger partial charge in [-0.05, 0) is 51.8 Å². The van der Waals surface area contributed by atoms with Crippen molar-refractivity contribution >= 4 is 27.6 Å². The van der Waals surface area contributed by atoms with E-state index in [9.17, 15) is 8.42 Å². The summed E-state index contributed by atoms with van der Waals surface area (Å²) in [7, 11) is -2.59. The Bertz CT molecular complexity index is 1140. The van der Waals surface area contributed by atoms with Crippen molar-refractivity contribution in [2.75, 3.05) is 5.73 Å². The highest BCUT2D eigenvalue weighted by molar-refractivity contribution is 7.72. The molecule has 124 valence electrons. The van der Waals surface area contributed by atoms with Crippen LogP contribution in [0.4, 0.5) is 5.82 Å². The van der Waals surface area contributed by atoms with Gasteiger partial charge in [0.15, 0.2) is 10.7 Å². The highest BCUT2D eigenvalue weighted by atomic mass is 32.2. The quantitative estimate of drug-likeness (QED) is 0.545. The molecule has 0 saturated carbocycles. The third-order valence-corrected chi connectivity index (χ3v) is 4.61. The summed E-state index contributed by atoms with van der Waals surface area (Å²) in [6.07, 6.45) is 1.65. The lowest BCUT2D eigenvalue weighted by Crippen LogP contribution is -1.95. The third kappa shape index (κ3) is 2.83. The zero-order valence-electron chi connectivity index (χ0n) is 12.8. The molecular formula is C17H12N4O3S. The summed E-state index contributed by atoms with van der Waals surface area (Å²) in [5.41, 5.74) is 10.6. The van der Waals surface area contributed by atoms with Gasteiger partial charge in [0.2, 0.25) is 0 Å². The number of fused-ring (bicyclic) bond motifs is 1. The standard InChI is InChI=1S/C17H12N4O3S/c18-17-14(11-3-6-15-16(8-11)21-24-20-15)7-12(9-19-17)10-1-4-13(5-2-10)25(22)23/h1-9,25H,(H2,18,19). The first-order valence-corrected chi connectivity index (χ1v) is 8.52. The number of rotatable bonds is 3. The van der Waals surface area contributed by atoms with Crippen LogP contribution >= 0.6 is 0 Å². The first kappa shape index (κ1) is 15.3. The Kier molecular flexibility index (Phi) is 3.66. The van der Waals surface area contributed by atoms with Gasteiger partial charge in [0.05, 0.1) is 4.90 Å². The van der Waals surface area contributed by atoms with Gasteiger partial charge in [0.1, 0.15) is 16.9 Å². The maximum atomic E-state index is 11.0. The maximum absolute atomic E-state index is 11.0. The van der Waals surface area contributed by atoms with E-state index in [1.807, 2.05) is 18.2 Å². The lowest BCUT2D eigenvalue weighted by Gasteiger charge is -2.08. The molecule has 4 aromatic rings. The van der Waals surface area contributed by atoms with Gasteiger partial charge in [0, 0.05) is 17.3 Å². The fraction of sp³-hybridized carbons (Fsp3) is 0. The van der Waals surface area contributed by atoms with E-state index in [0.717, 1.165) is 22.3 Å². The highest BCUT2D eigenvalue weighted by Crippen LogP contribution is 2.31. The minimum absolute atomic E-state index is 0.270. The first-order chi connectivity index (χ1) is 12.1. The summed E-state index contributed by atoms with van der Waals surface area (Å²) in [5, 5.41) is 7.62. The van der Waals surface area contributed by atoms with Gasteiger partial charge in [-0.1, -0.05) is 18.2 Å². The molecule has 0 aliphatic rings. The van der Waals surface area contributed by atoms with E-state index < -0.39 is 10.7 Å². The second-order valence-electron chi connectivity index (χ2n) is 5.43. The molecule has 4 rings (SSSR count). The third-order valence-electron chi connectivity index (χ3n) is 3.89. The molecule has 0 bridgehead atoms. The van der Waals surface area contributed by atoms with Crippen molar-refractivity contribution in [3.8, 4) is 22.3 Å². The summed E-state index contributed by atoms with van der Waals surface area (Å²) in [4.78, 5) is 4.53. The average molecular weight is 352 g/mol. The van der Waals surface area contributed by atoms with Crippen LogP contribution in [0.2, 0.25) is 0 Å². The Morgan fingerprint density at radius 1 is 0.840 bits per heavy atom. The Morgan fingerprint density at radius 3 is 2.32 bits per heavy atom. The van der Waals surface area contributed by atoms with Crippen LogP contribution in [0.1, 0.15) is 0 Å². The Labute approximate surface area is 144 Å². The van der Waals surface area contributed by atoms with Gasteiger partial charge in [-0.3, -0.25) is 0 Å². The molecule has 0 atom stereocenters. The fourth-order valence-corrected chi connectivity index (χ4v) is 2.98. The Hall–Kier alpha value is -3.26. The molecule has 25 heavy (non-hydrogen) atoms. The molecule has 2 heterocycles. The van der Waals surface area contributed by atoms with Crippen LogP contribution in [0.3, 0.4) is 0 Å². The summed E-state index contributed by atoms with van der Waals surface area (Å²) in [5.74, 6) is 0.388. The van der Waals surface area contributed by atoms with E-state index >= 15 is 0 Å². The van der Waals surface area contributed by atoms with Crippen molar-refractivity contribution in [1.82, 2.24) is 15.3 Å². The second kappa shape index (κ2) is 5.99. The van der Waals surface area contributed by atoms with Crippen LogP contribution in [0.5, 0.6) is 0 Å². The molecule has 2 N–H and O–H groups in total. The van der Waals surface area contributed by atoms with E-state index in [0.29, 0.717) is 16.9 Å². The molecule has 0 radical (unpaired) electrons. The predicted octanol–water partition coefficient (Wildman–Crippen LogP) is 2.50. The maximum Gasteiger partial charge on any atom is 0.168 e. The van der Waals surface area contributed by atoms with Gasteiger partial charge in [-0.2, -0.15) is 0 Å². The number of aromatic nitrogens is 3. The van der Waals surface area contributed by atoms with Gasteiger partial charge in [0.25, 0.3) is 0 Å². The van der Waals surface area contributed by atoms with E-state index in [4.69, 9.17) is 10.4 Å². The smallest absolute Gasteiger partial charge is 0.168 e. The number of nitrogens with zero attached hydrogens (tertiary/aromatic N) is 3. The normalized spacial score (nSPS) is 11.2. The van der Waals surface area contributed by atoms with Crippen molar-refractivity contribution in [2.45, 2.75) is 4.90 Å². The van der Waals surface area contributed by atoms with Gasteiger partial charge >= 0.3 is 0 Å². The first-order valence-electron chi connectivity index (χ1n) is 7.35. The predicted molar refractivity (Wildman–Crippen MR) is 93.5 cm³/mol. The molecule has 0 amide bonds. The molecule has 2 aromatic heterocycles. The van der Waals surface area contributed by atoms with Crippen molar-refractivity contribution in [2.24, 2.45) is 0 Å².